The molecule has 3 atom stereocenters. The van der Waals surface area contributed by atoms with Gasteiger partial charge in [-0.15, -0.1) is 0 Å². The maximum atomic E-state index is 6.33. The van der Waals surface area contributed by atoms with E-state index in [4.69, 9.17) is 11.6 Å². The first kappa shape index (κ1) is 14.3. The standard InChI is InChI=1S/C20H22ClN/c1-13-5-3-6-14(11-13)19-17-7-4-10-22(2)20(17)16-9-8-15(21)12-18(16)19/h3,5-6,8-9,11-12,17,19-20H,4,7,10H2,1-2H3. The molecule has 1 saturated heterocycles. The Bertz CT molecular complexity index is 709. The predicted octanol–water partition coefficient (Wildman–Crippen LogP) is 5.18. The molecule has 2 aliphatic rings. The molecule has 1 fully saturated rings. The molecule has 3 unspecified atom stereocenters. The van der Waals surface area contributed by atoms with Crippen molar-refractivity contribution in [1.29, 1.82) is 0 Å². The second-order valence-electron chi connectivity index (χ2n) is 6.90. The maximum absolute atomic E-state index is 6.33. The molecule has 4 rings (SSSR count). The molecule has 22 heavy (non-hydrogen) atoms. The monoisotopic (exact) mass is 311 g/mol. The Morgan fingerprint density at radius 3 is 2.77 bits per heavy atom. The molecule has 0 spiro atoms. The Labute approximate surface area is 137 Å². The minimum Gasteiger partial charge on any atom is -0.299 e. The van der Waals surface area contributed by atoms with Crippen LogP contribution in [0.1, 0.15) is 47.1 Å². The first-order valence-corrected chi connectivity index (χ1v) is 8.59. The molecule has 0 N–H and O–H groups in total. The van der Waals surface area contributed by atoms with E-state index in [2.05, 4.69) is 61.3 Å². The molecule has 0 radical (unpaired) electrons. The normalized spacial score (nSPS) is 27.5. The van der Waals surface area contributed by atoms with Crippen LogP contribution in [0.3, 0.4) is 0 Å². The van der Waals surface area contributed by atoms with Crippen molar-refractivity contribution < 1.29 is 0 Å². The van der Waals surface area contributed by atoms with E-state index < -0.39 is 0 Å². The molecule has 1 aliphatic heterocycles. The van der Waals surface area contributed by atoms with E-state index >= 15 is 0 Å². The first-order chi connectivity index (χ1) is 10.6. The van der Waals surface area contributed by atoms with Gasteiger partial charge in [0.1, 0.15) is 0 Å². The van der Waals surface area contributed by atoms with Crippen LogP contribution in [-0.2, 0) is 0 Å². The highest BCUT2D eigenvalue weighted by molar-refractivity contribution is 6.30. The summed E-state index contributed by atoms with van der Waals surface area (Å²) >= 11 is 6.33. The lowest BCUT2D eigenvalue weighted by atomic mass is 9.80. The van der Waals surface area contributed by atoms with Gasteiger partial charge in [0.25, 0.3) is 0 Å². The number of likely N-dealkylation sites (tertiary alicyclic amines) is 1. The summed E-state index contributed by atoms with van der Waals surface area (Å²) in [6.07, 6.45) is 2.60. The number of benzene rings is 2. The fourth-order valence-corrected chi connectivity index (χ4v) is 4.80. The molecule has 0 amide bonds. The molecule has 1 heterocycles. The summed E-state index contributed by atoms with van der Waals surface area (Å²) in [4.78, 5) is 2.54. The second kappa shape index (κ2) is 5.40. The number of halogens is 1. The topological polar surface area (TPSA) is 3.24 Å². The minimum absolute atomic E-state index is 0.487. The van der Waals surface area contributed by atoms with Gasteiger partial charge in [-0.3, -0.25) is 4.90 Å². The Balaban J connectivity index is 1.88. The van der Waals surface area contributed by atoms with E-state index in [1.54, 1.807) is 0 Å². The lowest BCUT2D eigenvalue weighted by Crippen LogP contribution is -2.34. The summed E-state index contributed by atoms with van der Waals surface area (Å²) in [6.45, 7) is 3.38. The van der Waals surface area contributed by atoms with E-state index in [9.17, 15) is 0 Å². The van der Waals surface area contributed by atoms with Gasteiger partial charge in [-0.25, -0.2) is 0 Å². The van der Waals surface area contributed by atoms with Crippen LogP contribution in [0.4, 0.5) is 0 Å². The molecular formula is C20H22ClN. The molecule has 2 aromatic carbocycles. The Kier molecular flexibility index (Phi) is 3.51. The van der Waals surface area contributed by atoms with Gasteiger partial charge in [0.05, 0.1) is 0 Å². The van der Waals surface area contributed by atoms with Crippen LogP contribution in [0.5, 0.6) is 0 Å². The molecule has 2 heteroatoms. The van der Waals surface area contributed by atoms with Crippen molar-refractivity contribution in [3.8, 4) is 0 Å². The predicted molar refractivity (Wildman–Crippen MR) is 92.6 cm³/mol. The fourth-order valence-electron chi connectivity index (χ4n) is 4.62. The number of hydrogen-bond acceptors (Lipinski definition) is 1. The van der Waals surface area contributed by atoms with Crippen LogP contribution in [-0.4, -0.2) is 18.5 Å². The SMILES string of the molecule is Cc1cccc(C2c3cc(Cl)ccc3C3C2CCCN3C)c1. The van der Waals surface area contributed by atoms with E-state index in [1.165, 1.54) is 41.6 Å². The van der Waals surface area contributed by atoms with E-state index in [1.807, 2.05) is 0 Å². The van der Waals surface area contributed by atoms with E-state index in [0.29, 0.717) is 17.9 Å². The maximum Gasteiger partial charge on any atom is 0.0409 e. The quantitative estimate of drug-likeness (QED) is 0.701. The average Bonchev–Trinajstić information content (AvgIpc) is 2.81. The number of piperidine rings is 1. The van der Waals surface area contributed by atoms with Crippen LogP contribution in [0.25, 0.3) is 0 Å². The molecule has 0 saturated carbocycles. The van der Waals surface area contributed by atoms with Crippen LogP contribution in [0.2, 0.25) is 5.02 Å². The smallest absolute Gasteiger partial charge is 0.0409 e. The highest BCUT2D eigenvalue weighted by atomic mass is 35.5. The van der Waals surface area contributed by atoms with E-state index in [-0.39, 0.29) is 0 Å². The molecule has 0 aromatic heterocycles. The summed E-state index contributed by atoms with van der Waals surface area (Å²) in [6, 6.07) is 16.1. The zero-order valence-corrected chi connectivity index (χ0v) is 14.0. The van der Waals surface area contributed by atoms with Crippen molar-refractivity contribution in [2.75, 3.05) is 13.6 Å². The highest BCUT2D eigenvalue weighted by Gasteiger charge is 2.44. The molecule has 114 valence electrons. The first-order valence-electron chi connectivity index (χ1n) is 8.21. The average molecular weight is 312 g/mol. The third-order valence-corrected chi connectivity index (χ3v) is 5.70. The van der Waals surface area contributed by atoms with E-state index in [0.717, 1.165) is 5.02 Å². The zero-order valence-electron chi connectivity index (χ0n) is 13.2. The number of nitrogens with zero attached hydrogens (tertiary/aromatic N) is 1. The summed E-state index contributed by atoms with van der Waals surface area (Å²) in [5, 5.41) is 0.859. The van der Waals surface area contributed by atoms with Crippen molar-refractivity contribution >= 4 is 11.6 Å². The van der Waals surface area contributed by atoms with Crippen LogP contribution in [0, 0.1) is 12.8 Å². The van der Waals surface area contributed by atoms with Gasteiger partial charge < -0.3 is 0 Å². The minimum atomic E-state index is 0.487. The van der Waals surface area contributed by atoms with Crippen LogP contribution in [0.15, 0.2) is 42.5 Å². The molecule has 1 nitrogen and oxygen atoms in total. The van der Waals surface area contributed by atoms with Gasteiger partial charge >= 0.3 is 0 Å². The van der Waals surface area contributed by atoms with Crippen LogP contribution >= 0.6 is 11.6 Å². The summed E-state index contributed by atoms with van der Waals surface area (Å²) in [5.74, 6) is 1.16. The second-order valence-corrected chi connectivity index (χ2v) is 7.33. The highest BCUT2D eigenvalue weighted by Crippen LogP contribution is 2.54. The summed E-state index contributed by atoms with van der Waals surface area (Å²) in [5.41, 5.74) is 5.73. The van der Waals surface area contributed by atoms with Gasteiger partial charge in [0.2, 0.25) is 0 Å². The number of rotatable bonds is 1. The van der Waals surface area contributed by atoms with Gasteiger partial charge in [-0.05, 0) is 68.1 Å². The molecule has 2 aromatic rings. The number of hydrogen-bond donors (Lipinski definition) is 0. The Morgan fingerprint density at radius 2 is 1.95 bits per heavy atom. The van der Waals surface area contributed by atoms with Gasteiger partial charge in [-0.2, -0.15) is 0 Å². The van der Waals surface area contributed by atoms with Gasteiger partial charge in [0, 0.05) is 17.0 Å². The van der Waals surface area contributed by atoms with Crippen molar-refractivity contribution in [2.24, 2.45) is 5.92 Å². The fraction of sp³-hybridized carbons (Fsp3) is 0.400. The molecular weight excluding hydrogens is 290 g/mol. The van der Waals surface area contributed by atoms with Crippen LogP contribution < -0.4 is 0 Å². The largest absolute Gasteiger partial charge is 0.299 e. The molecule has 1 aliphatic carbocycles. The summed E-state index contributed by atoms with van der Waals surface area (Å²) < 4.78 is 0. The zero-order chi connectivity index (χ0) is 15.3. The number of aryl methyl sites for hydroxylation is 1. The Morgan fingerprint density at radius 1 is 1.09 bits per heavy atom. The number of fused-ring (bicyclic) bond motifs is 3. The Hall–Kier alpha value is -1.31. The van der Waals surface area contributed by atoms with Gasteiger partial charge in [-0.1, -0.05) is 47.5 Å². The summed E-state index contributed by atoms with van der Waals surface area (Å²) in [7, 11) is 2.27. The van der Waals surface area contributed by atoms with Crippen molar-refractivity contribution in [3.63, 3.8) is 0 Å². The van der Waals surface area contributed by atoms with Crippen molar-refractivity contribution in [3.05, 3.63) is 69.7 Å². The van der Waals surface area contributed by atoms with Crippen molar-refractivity contribution in [1.82, 2.24) is 4.90 Å². The molecule has 0 bridgehead atoms. The van der Waals surface area contributed by atoms with Gasteiger partial charge in [0.15, 0.2) is 0 Å². The third-order valence-electron chi connectivity index (χ3n) is 5.46. The van der Waals surface area contributed by atoms with Crippen molar-refractivity contribution in [2.45, 2.75) is 31.7 Å². The lowest BCUT2D eigenvalue weighted by Gasteiger charge is -2.37. The lowest BCUT2D eigenvalue weighted by molar-refractivity contribution is 0.127. The third kappa shape index (κ3) is 2.19.